The summed E-state index contributed by atoms with van der Waals surface area (Å²) in [7, 11) is 0. The molecule has 0 N–H and O–H groups in total. The van der Waals surface area contributed by atoms with E-state index in [1.165, 1.54) is 28.7 Å². The number of thiophene rings is 1. The second-order valence-electron chi connectivity index (χ2n) is 6.50. The van der Waals surface area contributed by atoms with Crippen LogP contribution in [-0.4, -0.2) is 34.1 Å². The van der Waals surface area contributed by atoms with Gasteiger partial charge in [0, 0.05) is 24.6 Å². The quantitative estimate of drug-likeness (QED) is 0.652. The molecular formula is C19H18FN3OS2. The largest absolute Gasteiger partial charge is 0.337 e. The van der Waals surface area contributed by atoms with Crippen LogP contribution in [0, 0.1) is 12.7 Å². The van der Waals surface area contributed by atoms with Gasteiger partial charge in [-0.1, -0.05) is 23.5 Å². The van der Waals surface area contributed by atoms with E-state index in [9.17, 15) is 9.18 Å². The molecule has 1 saturated heterocycles. The van der Waals surface area contributed by atoms with E-state index in [-0.39, 0.29) is 17.6 Å². The molecular weight excluding hydrogens is 369 g/mol. The Balaban J connectivity index is 1.52. The molecule has 1 aliphatic heterocycles. The van der Waals surface area contributed by atoms with E-state index in [2.05, 4.69) is 10.2 Å². The van der Waals surface area contributed by atoms with Gasteiger partial charge in [-0.2, -0.15) is 0 Å². The summed E-state index contributed by atoms with van der Waals surface area (Å²) in [6.07, 6.45) is 1.91. The Morgan fingerprint density at radius 3 is 2.92 bits per heavy atom. The van der Waals surface area contributed by atoms with Crippen molar-refractivity contribution in [2.45, 2.75) is 25.7 Å². The zero-order valence-electron chi connectivity index (χ0n) is 14.3. The fourth-order valence-corrected chi connectivity index (χ4v) is 5.07. The lowest BCUT2D eigenvalue weighted by Crippen LogP contribution is -2.38. The smallest absolute Gasteiger partial charge is 0.263 e. The number of amides is 1. The third kappa shape index (κ3) is 3.41. The Morgan fingerprint density at radius 1 is 1.31 bits per heavy atom. The highest BCUT2D eigenvalue weighted by Gasteiger charge is 2.28. The molecule has 0 aliphatic carbocycles. The van der Waals surface area contributed by atoms with Crippen LogP contribution in [0.4, 0.5) is 4.39 Å². The first-order valence-electron chi connectivity index (χ1n) is 8.54. The molecule has 1 atom stereocenters. The van der Waals surface area contributed by atoms with Crippen molar-refractivity contribution in [3.05, 3.63) is 57.0 Å². The third-order valence-corrected chi connectivity index (χ3v) is 6.70. The third-order valence-electron chi connectivity index (χ3n) is 4.54. The summed E-state index contributed by atoms with van der Waals surface area (Å²) < 4.78 is 14.0. The van der Waals surface area contributed by atoms with Crippen LogP contribution < -0.4 is 0 Å². The number of aromatic nitrogens is 2. The maximum absolute atomic E-state index is 14.0. The first-order valence-corrected chi connectivity index (χ1v) is 10.2. The van der Waals surface area contributed by atoms with Crippen LogP contribution in [0.5, 0.6) is 0 Å². The number of piperidine rings is 1. The van der Waals surface area contributed by atoms with Gasteiger partial charge in [0.25, 0.3) is 5.91 Å². The van der Waals surface area contributed by atoms with E-state index in [1.54, 1.807) is 18.2 Å². The fourth-order valence-electron chi connectivity index (χ4n) is 3.21. The van der Waals surface area contributed by atoms with E-state index < -0.39 is 0 Å². The summed E-state index contributed by atoms with van der Waals surface area (Å²) in [5, 5.41) is 11.9. The molecule has 0 unspecified atom stereocenters. The summed E-state index contributed by atoms with van der Waals surface area (Å²) in [5.74, 6) is -0.0397. The zero-order valence-corrected chi connectivity index (χ0v) is 15.9. The predicted molar refractivity (Wildman–Crippen MR) is 102 cm³/mol. The topological polar surface area (TPSA) is 46.1 Å². The van der Waals surface area contributed by atoms with Crippen molar-refractivity contribution in [1.82, 2.24) is 15.1 Å². The minimum absolute atomic E-state index is 0.0895. The number of nitrogens with zero attached hydrogens (tertiary/aromatic N) is 3. The van der Waals surface area contributed by atoms with Crippen LogP contribution in [0.3, 0.4) is 0 Å². The van der Waals surface area contributed by atoms with Crippen LogP contribution in [-0.2, 0) is 0 Å². The highest BCUT2D eigenvalue weighted by Crippen LogP contribution is 2.34. The van der Waals surface area contributed by atoms with Gasteiger partial charge in [0.05, 0.1) is 4.88 Å². The van der Waals surface area contributed by atoms with E-state index in [0.29, 0.717) is 17.1 Å². The number of hydrogen-bond donors (Lipinski definition) is 0. The summed E-state index contributed by atoms with van der Waals surface area (Å²) in [5.41, 5.74) is 1.60. The molecule has 26 heavy (non-hydrogen) atoms. The molecule has 1 fully saturated rings. The Labute approximate surface area is 159 Å². The molecule has 7 heteroatoms. The average molecular weight is 388 g/mol. The van der Waals surface area contributed by atoms with Crippen LogP contribution >= 0.6 is 22.7 Å². The molecule has 1 amide bonds. The van der Waals surface area contributed by atoms with Crippen molar-refractivity contribution in [3.63, 3.8) is 0 Å². The van der Waals surface area contributed by atoms with Crippen molar-refractivity contribution in [1.29, 1.82) is 0 Å². The second kappa shape index (κ2) is 7.25. The van der Waals surface area contributed by atoms with Crippen LogP contribution in [0.15, 0.2) is 35.7 Å². The fraction of sp³-hybridized carbons (Fsp3) is 0.316. The lowest BCUT2D eigenvalue weighted by molar-refractivity contribution is 0.0711. The number of benzene rings is 1. The molecule has 0 radical (unpaired) electrons. The lowest BCUT2D eigenvalue weighted by Gasteiger charge is -2.31. The minimum atomic E-state index is -0.288. The highest BCUT2D eigenvalue weighted by atomic mass is 32.1. The van der Waals surface area contributed by atoms with Gasteiger partial charge in [-0.15, -0.1) is 21.5 Å². The Morgan fingerprint density at radius 2 is 2.15 bits per heavy atom. The van der Waals surface area contributed by atoms with Crippen molar-refractivity contribution in [3.8, 4) is 10.6 Å². The van der Waals surface area contributed by atoms with Crippen LogP contribution in [0.2, 0.25) is 0 Å². The second-order valence-corrected chi connectivity index (χ2v) is 8.42. The van der Waals surface area contributed by atoms with Gasteiger partial charge in [0.15, 0.2) is 5.01 Å². The molecule has 0 spiro atoms. The normalized spacial score (nSPS) is 17.5. The van der Waals surface area contributed by atoms with E-state index in [4.69, 9.17) is 0 Å². The predicted octanol–water partition coefficient (Wildman–Crippen LogP) is 4.73. The lowest BCUT2D eigenvalue weighted by atomic mass is 9.98. The molecule has 0 saturated carbocycles. The first-order chi connectivity index (χ1) is 12.6. The number of hydrogen-bond acceptors (Lipinski definition) is 5. The van der Waals surface area contributed by atoms with Gasteiger partial charge in [0.1, 0.15) is 10.8 Å². The number of likely N-dealkylation sites (tertiary alicyclic amines) is 1. The number of aryl methyl sites for hydroxylation is 1. The maximum Gasteiger partial charge on any atom is 0.263 e. The average Bonchev–Trinajstić information content (AvgIpc) is 3.31. The van der Waals surface area contributed by atoms with Crippen LogP contribution in [0.1, 0.15) is 39.0 Å². The van der Waals surface area contributed by atoms with Gasteiger partial charge in [0.2, 0.25) is 0 Å². The molecule has 4 rings (SSSR count). The first kappa shape index (κ1) is 17.3. The van der Waals surface area contributed by atoms with E-state index in [0.717, 1.165) is 34.8 Å². The van der Waals surface area contributed by atoms with Gasteiger partial charge in [-0.05, 0) is 48.9 Å². The zero-order chi connectivity index (χ0) is 18.1. The van der Waals surface area contributed by atoms with Gasteiger partial charge < -0.3 is 4.90 Å². The summed E-state index contributed by atoms with van der Waals surface area (Å²) in [4.78, 5) is 15.4. The molecule has 4 nitrogen and oxygen atoms in total. The highest BCUT2D eigenvalue weighted by molar-refractivity contribution is 7.14. The Bertz CT molecular complexity index is 936. The molecule has 3 heterocycles. The molecule has 2 aromatic heterocycles. The molecule has 3 aromatic rings. The summed E-state index contributed by atoms with van der Waals surface area (Å²) in [6.45, 7) is 3.41. The summed E-state index contributed by atoms with van der Waals surface area (Å²) >= 11 is 2.92. The standard InChI is InChI=1S/C19H18FN3OS2/c1-12-9-16(25-11-12)19(24)23-8-4-5-13(10-23)17-21-22-18(26-17)14-6-2-3-7-15(14)20/h2-3,6-7,9,11,13H,4-5,8,10H2,1H3/t13-/m0/s1. The van der Waals surface area contributed by atoms with Gasteiger partial charge in [-0.3, -0.25) is 4.79 Å². The van der Waals surface area contributed by atoms with Gasteiger partial charge in [-0.25, -0.2) is 4.39 Å². The number of carbonyl (C=O) groups excluding carboxylic acids is 1. The van der Waals surface area contributed by atoms with Crippen molar-refractivity contribution in [2.24, 2.45) is 0 Å². The molecule has 1 aromatic carbocycles. The SMILES string of the molecule is Cc1csc(C(=O)N2CCC[C@H](c3nnc(-c4ccccc4F)s3)C2)c1. The maximum atomic E-state index is 14.0. The number of carbonyl (C=O) groups is 1. The van der Waals surface area contributed by atoms with Crippen molar-refractivity contribution >= 4 is 28.6 Å². The Kier molecular flexibility index (Phi) is 4.82. The minimum Gasteiger partial charge on any atom is -0.337 e. The summed E-state index contributed by atoms with van der Waals surface area (Å²) in [6, 6.07) is 8.55. The van der Waals surface area contributed by atoms with E-state index in [1.807, 2.05) is 23.3 Å². The monoisotopic (exact) mass is 387 g/mol. The Hall–Kier alpha value is -2.12. The van der Waals surface area contributed by atoms with Gasteiger partial charge >= 0.3 is 0 Å². The van der Waals surface area contributed by atoms with Crippen LogP contribution in [0.25, 0.3) is 10.6 Å². The molecule has 1 aliphatic rings. The molecule has 0 bridgehead atoms. The van der Waals surface area contributed by atoms with E-state index >= 15 is 0 Å². The molecule has 134 valence electrons. The van der Waals surface area contributed by atoms with Crippen molar-refractivity contribution in [2.75, 3.05) is 13.1 Å². The number of halogens is 1. The van der Waals surface area contributed by atoms with Crippen molar-refractivity contribution < 1.29 is 9.18 Å². The number of rotatable bonds is 3.